The van der Waals surface area contributed by atoms with Gasteiger partial charge in [0.05, 0.1) is 0 Å². The van der Waals surface area contributed by atoms with Gasteiger partial charge < -0.3 is 19.7 Å². The molecule has 0 aliphatic carbocycles. The first-order chi connectivity index (χ1) is 24.7. The van der Waals surface area contributed by atoms with Gasteiger partial charge in [0.1, 0.15) is 24.7 Å². The van der Waals surface area contributed by atoms with E-state index in [9.17, 15) is 19.8 Å². The minimum atomic E-state index is -0.578. The molecule has 6 aromatic carbocycles. The first-order valence-corrected chi connectivity index (χ1v) is 17.0. The Hall–Kier alpha value is -6.19. The van der Waals surface area contributed by atoms with Crippen molar-refractivity contribution in [1.82, 2.24) is 0 Å². The number of aryl methyl sites for hydroxylation is 2. The van der Waals surface area contributed by atoms with Gasteiger partial charge in [-0.2, -0.15) is 0 Å². The van der Waals surface area contributed by atoms with E-state index in [0.717, 1.165) is 54.3 Å². The lowest BCUT2D eigenvalue weighted by molar-refractivity contribution is 0.154. The van der Waals surface area contributed by atoms with Crippen LogP contribution < -0.4 is 10.6 Å². The van der Waals surface area contributed by atoms with Crippen molar-refractivity contribution in [3.63, 3.8) is 0 Å². The number of phenolic OH excluding ortho intramolecular Hbond substituents is 2. The SMILES string of the molecule is Cc1ccccc1COC(=O)Nc1ccc(Sc2ccc(NC(=O)OCc3ccccc3C)cc2-c2ccc(O)cc2)c(-c2ccc(O)cc2)c1. The Morgan fingerprint density at radius 1 is 0.549 bits per heavy atom. The zero-order valence-corrected chi connectivity index (χ0v) is 28.9. The number of rotatable bonds is 10. The van der Waals surface area contributed by atoms with Crippen LogP contribution in [-0.2, 0) is 22.7 Å². The molecule has 0 bridgehead atoms. The van der Waals surface area contributed by atoms with Crippen LogP contribution in [0, 0.1) is 13.8 Å². The number of ether oxygens (including phenoxy) is 2. The molecule has 0 aromatic heterocycles. The van der Waals surface area contributed by atoms with Crippen molar-refractivity contribution in [2.45, 2.75) is 36.9 Å². The monoisotopic (exact) mass is 696 g/mol. The van der Waals surface area contributed by atoms with Crippen LogP contribution in [0.3, 0.4) is 0 Å². The van der Waals surface area contributed by atoms with Gasteiger partial charge in [-0.25, -0.2) is 9.59 Å². The summed E-state index contributed by atoms with van der Waals surface area (Å²) in [5, 5.41) is 25.7. The second kappa shape index (κ2) is 16.0. The number of nitrogens with one attached hydrogen (secondary N) is 2. The fourth-order valence-electron chi connectivity index (χ4n) is 5.38. The van der Waals surface area contributed by atoms with Gasteiger partial charge in [-0.3, -0.25) is 10.6 Å². The minimum Gasteiger partial charge on any atom is -0.508 e. The maximum Gasteiger partial charge on any atom is 0.411 e. The van der Waals surface area contributed by atoms with Gasteiger partial charge in [-0.15, -0.1) is 0 Å². The average molecular weight is 697 g/mol. The third kappa shape index (κ3) is 9.09. The molecule has 0 aliphatic rings. The standard InChI is InChI=1S/C42H36N2O6S/c1-27-7-3-5-9-31(27)25-49-41(47)43-33-15-21-39(37(23-33)29-11-17-35(45)18-12-29)51-40-22-16-34(24-38(40)30-13-19-36(46)20-14-30)44-42(48)50-26-32-10-6-4-8-28(32)2/h3-24,45-46H,25-26H2,1-2H3,(H,43,47)(H,44,48). The number of aromatic hydroxyl groups is 2. The van der Waals surface area contributed by atoms with Crippen molar-refractivity contribution in [1.29, 1.82) is 0 Å². The molecule has 0 spiro atoms. The molecule has 0 radical (unpaired) electrons. The highest BCUT2D eigenvalue weighted by molar-refractivity contribution is 7.99. The average Bonchev–Trinajstić information content (AvgIpc) is 3.13. The Kier molecular flexibility index (Phi) is 10.9. The lowest BCUT2D eigenvalue weighted by atomic mass is 10.0. The van der Waals surface area contributed by atoms with Crippen LogP contribution in [0.25, 0.3) is 22.3 Å². The van der Waals surface area contributed by atoms with Crippen LogP contribution in [-0.4, -0.2) is 22.4 Å². The zero-order valence-electron chi connectivity index (χ0n) is 28.1. The molecule has 4 N–H and O–H groups in total. The lowest BCUT2D eigenvalue weighted by Crippen LogP contribution is -2.14. The molecule has 256 valence electrons. The predicted molar refractivity (Wildman–Crippen MR) is 201 cm³/mol. The number of carbonyl (C=O) groups excluding carboxylic acids is 2. The normalized spacial score (nSPS) is 10.7. The van der Waals surface area contributed by atoms with Crippen molar-refractivity contribution in [3.05, 3.63) is 156 Å². The molecular weight excluding hydrogens is 661 g/mol. The summed E-state index contributed by atoms with van der Waals surface area (Å²) in [7, 11) is 0. The smallest absolute Gasteiger partial charge is 0.411 e. The Balaban J connectivity index is 1.27. The van der Waals surface area contributed by atoms with Crippen molar-refractivity contribution in [2.24, 2.45) is 0 Å². The second-order valence-corrected chi connectivity index (χ2v) is 13.0. The Bertz CT molecular complexity index is 2010. The molecule has 0 fully saturated rings. The van der Waals surface area contributed by atoms with Crippen LogP contribution in [0.4, 0.5) is 21.0 Å². The lowest BCUT2D eigenvalue weighted by Gasteiger charge is -2.16. The molecule has 2 amide bonds. The van der Waals surface area contributed by atoms with Crippen molar-refractivity contribution >= 4 is 35.3 Å². The first-order valence-electron chi connectivity index (χ1n) is 16.2. The molecule has 6 rings (SSSR count). The summed E-state index contributed by atoms with van der Waals surface area (Å²) in [6.45, 7) is 4.23. The van der Waals surface area contributed by atoms with E-state index in [1.807, 2.05) is 123 Å². The van der Waals surface area contributed by atoms with Gasteiger partial charge in [0.25, 0.3) is 0 Å². The van der Waals surface area contributed by atoms with E-state index in [1.54, 1.807) is 24.3 Å². The molecule has 0 saturated heterocycles. The van der Waals surface area contributed by atoms with Crippen LogP contribution in [0.5, 0.6) is 11.5 Å². The van der Waals surface area contributed by atoms with Crippen molar-refractivity contribution in [3.8, 4) is 33.8 Å². The van der Waals surface area contributed by atoms with E-state index in [1.165, 1.54) is 11.8 Å². The first kappa shape index (κ1) is 34.7. The topological polar surface area (TPSA) is 117 Å². The molecular formula is C42H36N2O6S. The van der Waals surface area contributed by atoms with E-state index in [2.05, 4.69) is 10.6 Å². The quantitative estimate of drug-likeness (QED) is 0.113. The van der Waals surface area contributed by atoms with E-state index in [-0.39, 0.29) is 24.7 Å². The fraction of sp³-hybridized carbons (Fsp3) is 0.0952. The Morgan fingerprint density at radius 2 is 0.941 bits per heavy atom. The van der Waals surface area contributed by atoms with Crippen LogP contribution in [0.15, 0.2) is 143 Å². The van der Waals surface area contributed by atoms with E-state index < -0.39 is 12.2 Å². The highest BCUT2D eigenvalue weighted by atomic mass is 32.2. The van der Waals surface area contributed by atoms with Crippen molar-refractivity contribution in [2.75, 3.05) is 10.6 Å². The zero-order chi connectivity index (χ0) is 35.7. The number of carbonyl (C=O) groups is 2. The number of amides is 2. The summed E-state index contributed by atoms with van der Waals surface area (Å²) in [5.41, 5.74) is 8.29. The number of benzene rings is 6. The maximum absolute atomic E-state index is 12.8. The Morgan fingerprint density at radius 3 is 1.33 bits per heavy atom. The third-order valence-corrected chi connectivity index (χ3v) is 9.42. The van der Waals surface area contributed by atoms with E-state index >= 15 is 0 Å². The van der Waals surface area contributed by atoms with Crippen LogP contribution in [0.1, 0.15) is 22.3 Å². The fourth-order valence-corrected chi connectivity index (χ4v) is 6.47. The van der Waals surface area contributed by atoms with Crippen LogP contribution in [0.2, 0.25) is 0 Å². The largest absolute Gasteiger partial charge is 0.508 e. The maximum atomic E-state index is 12.8. The third-order valence-electron chi connectivity index (χ3n) is 8.27. The van der Waals surface area contributed by atoms with Gasteiger partial charge in [0.2, 0.25) is 0 Å². The molecule has 0 unspecified atom stereocenters. The van der Waals surface area contributed by atoms with E-state index in [4.69, 9.17) is 9.47 Å². The van der Waals surface area contributed by atoms with Gasteiger partial charge in [-0.05, 0) is 119 Å². The van der Waals surface area contributed by atoms with Gasteiger partial charge in [0, 0.05) is 21.2 Å². The van der Waals surface area contributed by atoms with Gasteiger partial charge >= 0.3 is 12.2 Å². The molecule has 0 aliphatic heterocycles. The molecule has 9 heteroatoms. The number of hydrogen-bond donors (Lipinski definition) is 4. The van der Waals surface area contributed by atoms with Gasteiger partial charge in [-0.1, -0.05) is 84.6 Å². The molecule has 0 heterocycles. The molecule has 0 saturated carbocycles. The summed E-state index contributed by atoms with van der Waals surface area (Å²) < 4.78 is 11.0. The molecule has 6 aromatic rings. The van der Waals surface area contributed by atoms with Gasteiger partial charge in [0.15, 0.2) is 0 Å². The second-order valence-electron chi connectivity index (χ2n) is 11.9. The summed E-state index contributed by atoms with van der Waals surface area (Å²) in [4.78, 5) is 27.3. The molecule has 0 atom stereocenters. The predicted octanol–water partition coefficient (Wildman–Crippen LogP) is 10.7. The van der Waals surface area contributed by atoms with Crippen molar-refractivity contribution < 1.29 is 29.3 Å². The summed E-state index contributed by atoms with van der Waals surface area (Å²) in [6, 6.07) is 40.3. The number of hydrogen-bond acceptors (Lipinski definition) is 7. The minimum absolute atomic E-state index is 0.136. The summed E-state index contributed by atoms with van der Waals surface area (Å²) in [5.74, 6) is 0.273. The summed E-state index contributed by atoms with van der Waals surface area (Å²) >= 11 is 1.50. The number of phenols is 2. The van der Waals surface area contributed by atoms with Crippen LogP contribution >= 0.6 is 11.8 Å². The number of anilines is 2. The molecule has 8 nitrogen and oxygen atoms in total. The Labute approximate surface area is 300 Å². The highest BCUT2D eigenvalue weighted by Crippen LogP contribution is 2.43. The molecule has 51 heavy (non-hydrogen) atoms. The van der Waals surface area contributed by atoms with E-state index in [0.29, 0.717) is 11.4 Å². The summed E-state index contributed by atoms with van der Waals surface area (Å²) in [6.07, 6.45) is -1.16. The highest BCUT2D eigenvalue weighted by Gasteiger charge is 2.16.